The molecule has 0 radical (unpaired) electrons. The lowest BCUT2D eigenvalue weighted by atomic mass is 10.2. The molecule has 5 N–H and O–H groups in total. The van der Waals surface area contributed by atoms with E-state index in [0.29, 0.717) is 6.26 Å². The molecule has 0 spiro atoms. The fourth-order valence-electron chi connectivity index (χ4n) is 1.89. The van der Waals surface area contributed by atoms with E-state index in [1.54, 1.807) is 0 Å². The second-order valence-corrected chi connectivity index (χ2v) is 5.54. The minimum atomic E-state index is -3.67. The largest absolute Gasteiger partial charge is 0.350 e. The number of hydrogen-bond donors (Lipinski definition) is 4. The van der Waals surface area contributed by atoms with Crippen LogP contribution in [-0.4, -0.2) is 74.1 Å². The Labute approximate surface area is 106 Å². The predicted molar refractivity (Wildman–Crippen MR) is 65.1 cm³/mol. The van der Waals surface area contributed by atoms with Gasteiger partial charge in [0.15, 0.2) is 0 Å². The van der Waals surface area contributed by atoms with E-state index in [2.05, 4.69) is 15.6 Å². The highest BCUT2D eigenvalue weighted by atomic mass is 32.2. The van der Waals surface area contributed by atoms with E-state index in [1.165, 1.54) is 5.01 Å². The van der Waals surface area contributed by atoms with Gasteiger partial charge in [-0.3, -0.25) is 9.45 Å². The molecule has 10 heteroatoms. The van der Waals surface area contributed by atoms with E-state index in [-0.39, 0.29) is 6.17 Å². The summed E-state index contributed by atoms with van der Waals surface area (Å²) in [5.74, 6) is 0. The second-order valence-electron chi connectivity index (χ2n) is 4.07. The summed E-state index contributed by atoms with van der Waals surface area (Å²) in [7, 11) is -3.67. The van der Waals surface area contributed by atoms with E-state index in [4.69, 9.17) is 10.3 Å². The van der Waals surface area contributed by atoms with Crippen molar-refractivity contribution in [2.45, 2.75) is 6.17 Å². The number of nitrogens with one attached hydrogen (secondary N) is 2. The maximum absolute atomic E-state index is 11.0. The van der Waals surface area contributed by atoms with Crippen LogP contribution in [-0.2, 0) is 10.1 Å². The van der Waals surface area contributed by atoms with Crippen LogP contribution in [0.3, 0.4) is 0 Å². The lowest BCUT2D eigenvalue weighted by Crippen LogP contribution is -2.69. The number of hydrazine groups is 1. The van der Waals surface area contributed by atoms with Gasteiger partial charge in [0.05, 0.1) is 6.26 Å². The fourth-order valence-corrected chi connectivity index (χ4v) is 1.89. The summed E-state index contributed by atoms with van der Waals surface area (Å²) in [5.41, 5.74) is 8.24. The van der Waals surface area contributed by atoms with Crippen LogP contribution < -0.4 is 16.5 Å². The summed E-state index contributed by atoms with van der Waals surface area (Å²) < 4.78 is 25.9. The van der Waals surface area contributed by atoms with Crippen molar-refractivity contribution < 1.29 is 17.8 Å². The number of primary amides is 1. The molecule has 106 valence electrons. The Morgan fingerprint density at radius 1 is 1.39 bits per heavy atom. The number of nitrogens with two attached hydrogens (primary N) is 1. The van der Waals surface area contributed by atoms with Crippen LogP contribution in [0, 0.1) is 0 Å². The topological polar surface area (TPSA) is 128 Å². The third-order valence-electron chi connectivity index (χ3n) is 2.54. The molecule has 1 atom stereocenters. The molecule has 0 aromatic rings. The first kappa shape index (κ1) is 15.1. The Morgan fingerprint density at radius 3 is 2.50 bits per heavy atom. The lowest BCUT2D eigenvalue weighted by Gasteiger charge is -2.45. The smallest absolute Gasteiger partial charge is 0.330 e. The molecule has 2 heterocycles. The molecule has 9 nitrogen and oxygen atoms in total. The van der Waals surface area contributed by atoms with Gasteiger partial charge in [-0.1, -0.05) is 0 Å². The van der Waals surface area contributed by atoms with Crippen molar-refractivity contribution in [3.63, 3.8) is 0 Å². The minimum absolute atomic E-state index is 0.0833. The van der Waals surface area contributed by atoms with Gasteiger partial charge in [0.1, 0.15) is 6.17 Å². The van der Waals surface area contributed by atoms with E-state index in [1.807, 2.05) is 0 Å². The Hall–Kier alpha value is -0.940. The zero-order chi connectivity index (χ0) is 13.8. The van der Waals surface area contributed by atoms with Gasteiger partial charge in [0.25, 0.3) is 10.1 Å². The van der Waals surface area contributed by atoms with Gasteiger partial charge in [0.2, 0.25) is 0 Å². The van der Waals surface area contributed by atoms with E-state index >= 15 is 0 Å². The molecule has 1 unspecified atom stereocenters. The number of carbonyl (C=O) groups excluding carboxylic acids is 1. The van der Waals surface area contributed by atoms with Crippen molar-refractivity contribution in [1.29, 1.82) is 0 Å². The molecule has 2 rings (SSSR count). The van der Waals surface area contributed by atoms with Crippen LogP contribution in [0.25, 0.3) is 0 Å². The summed E-state index contributed by atoms with van der Waals surface area (Å²) in [5, 5.41) is 4.75. The monoisotopic (exact) mass is 281 g/mol. The summed E-state index contributed by atoms with van der Waals surface area (Å²) in [6.45, 7) is 4.53. The lowest BCUT2D eigenvalue weighted by molar-refractivity contribution is -0.0131. The van der Waals surface area contributed by atoms with Gasteiger partial charge in [-0.2, -0.15) is 8.42 Å². The standard InChI is InChI=1S/C7H15N5O.CH4O3S/c8-7(13)12-6-5-9-1-3-11(6)4-2-10-12;1-5(2,3)4/h6,9-10H,1-5H2,(H2,8,13);1H3,(H,2,3,4). The quantitative estimate of drug-likeness (QED) is 0.365. The fraction of sp³-hybridized carbons (Fsp3) is 0.875. The van der Waals surface area contributed by atoms with Crippen molar-refractivity contribution >= 4 is 16.1 Å². The molecule has 18 heavy (non-hydrogen) atoms. The summed E-state index contributed by atoms with van der Waals surface area (Å²) in [6, 6.07) is -0.404. The molecule has 0 aliphatic carbocycles. The average Bonchev–Trinajstić information content (AvgIpc) is 2.26. The Balaban J connectivity index is 0.000000280. The molecule has 2 fully saturated rings. The SMILES string of the molecule is CS(=O)(=O)O.NC(=O)N1NCCN2CCNCC21. The summed E-state index contributed by atoms with van der Waals surface area (Å²) in [6.07, 6.45) is 0.799. The van der Waals surface area contributed by atoms with Gasteiger partial charge < -0.3 is 11.1 Å². The van der Waals surface area contributed by atoms with Crippen LogP contribution in [0.15, 0.2) is 0 Å². The first-order valence-electron chi connectivity index (χ1n) is 5.48. The summed E-state index contributed by atoms with van der Waals surface area (Å²) >= 11 is 0. The number of rotatable bonds is 0. The van der Waals surface area contributed by atoms with Gasteiger partial charge in [-0.25, -0.2) is 15.2 Å². The van der Waals surface area contributed by atoms with Crippen molar-refractivity contribution in [3.8, 4) is 0 Å². The maximum Gasteiger partial charge on any atom is 0.330 e. The van der Waals surface area contributed by atoms with E-state index in [0.717, 1.165) is 32.7 Å². The zero-order valence-electron chi connectivity index (χ0n) is 10.2. The minimum Gasteiger partial charge on any atom is -0.350 e. The summed E-state index contributed by atoms with van der Waals surface area (Å²) in [4.78, 5) is 13.3. The first-order chi connectivity index (χ1) is 8.29. The number of carbonyl (C=O) groups is 1. The molecule has 0 aromatic heterocycles. The molecule has 0 saturated carbocycles. The van der Waals surface area contributed by atoms with Crippen molar-refractivity contribution in [2.24, 2.45) is 5.73 Å². The van der Waals surface area contributed by atoms with Gasteiger partial charge >= 0.3 is 6.03 Å². The highest BCUT2D eigenvalue weighted by Gasteiger charge is 2.32. The third-order valence-corrected chi connectivity index (χ3v) is 2.54. The van der Waals surface area contributed by atoms with Crippen LogP contribution in [0.5, 0.6) is 0 Å². The Morgan fingerprint density at radius 2 is 1.94 bits per heavy atom. The first-order valence-corrected chi connectivity index (χ1v) is 7.33. The predicted octanol–water partition coefficient (Wildman–Crippen LogP) is -2.38. The number of piperazine rings is 1. The molecule has 2 saturated heterocycles. The van der Waals surface area contributed by atoms with Gasteiger partial charge in [-0.15, -0.1) is 0 Å². The Kier molecular flexibility index (Phi) is 5.28. The molecular formula is C8H19N5O4S. The highest BCUT2D eigenvalue weighted by molar-refractivity contribution is 7.85. The van der Waals surface area contributed by atoms with Gasteiger partial charge in [0, 0.05) is 32.7 Å². The van der Waals surface area contributed by atoms with Gasteiger partial charge in [-0.05, 0) is 0 Å². The van der Waals surface area contributed by atoms with Crippen molar-refractivity contribution in [1.82, 2.24) is 20.7 Å². The number of fused-ring (bicyclic) bond motifs is 1. The number of urea groups is 1. The van der Waals surface area contributed by atoms with Crippen LogP contribution in [0.1, 0.15) is 0 Å². The van der Waals surface area contributed by atoms with Crippen LogP contribution >= 0.6 is 0 Å². The van der Waals surface area contributed by atoms with Crippen LogP contribution in [0.4, 0.5) is 4.79 Å². The zero-order valence-corrected chi connectivity index (χ0v) is 11.0. The van der Waals surface area contributed by atoms with E-state index < -0.39 is 16.1 Å². The average molecular weight is 281 g/mol. The number of nitrogens with zero attached hydrogens (tertiary/aromatic N) is 2. The normalized spacial score (nSPS) is 24.8. The molecule has 2 aliphatic heterocycles. The molecule has 2 aliphatic rings. The van der Waals surface area contributed by atoms with Crippen LogP contribution in [0.2, 0.25) is 0 Å². The second kappa shape index (κ2) is 6.29. The number of amides is 2. The molecule has 2 amide bonds. The molecule has 0 aromatic carbocycles. The van der Waals surface area contributed by atoms with Crippen molar-refractivity contribution in [3.05, 3.63) is 0 Å². The van der Waals surface area contributed by atoms with Crippen molar-refractivity contribution in [2.75, 3.05) is 39.0 Å². The number of hydrogen-bond acceptors (Lipinski definition) is 6. The molecule has 0 bridgehead atoms. The molecular weight excluding hydrogens is 262 g/mol. The highest BCUT2D eigenvalue weighted by Crippen LogP contribution is 2.09. The maximum atomic E-state index is 11.0. The van der Waals surface area contributed by atoms with E-state index in [9.17, 15) is 13.2 Å². The third kappa shape index (κ3) is 5.14. The Bertz CT molecular complexity index is 377.